The standard InChI is InChI=1S/C22H24N4O2/c1-4-26(18-10-7-8-16(2)14-18)22-23-13-12-19(25-22)21(27)24-15-17-9-5-6-11-20(17)28-3/h5-14H,4,15H2,1-3H3,(H,24,27). The van der Waals surface area contributed by atoms with Gasteiger partial charge in [-0.2, -0.15) is 0 Å². The zero-order chi connectivity index (χ0) is 19.9. The van der Waals surface area contributed by atoms with Gasteiger partial charge in [-0.05, 0) is 43.7 Å². The van der Waals surface area contributed by atoms with Gasteiger partial charge in [-0.3, -0.25) is 4.79 Å². The highest BCUT2D eigenvalue weighted by molar-refractivity contribution is 5.92. The predicted molar refractivity (Wildman–Crippen MR) is 110 cm³/mol. The van der Waals surface area contributed by atoms with Gasteiger partial charge < -0.3 is 15.0 Å². The number of nitrogens with one attached hydrogen (secondary N) is 1. The number of para-hydroxylation sites is 1. The molecule has 144 valence electrons. The lowest BCUT2D eigenvalue weighted by molar-refractivity contribution is 0.0945. The number of benzene rings is 2. The Morgan fingerprint density at radius 3 is 2.71 bits per heavy atom. The third kappa shape index (κ3) is 4.46. The van der Waals surface area contributed by atoms with E-state index in [-0.39, 0.29) is 5.91 Å². The molecule has 0 atom stereocenters. The van der Waals surface area contributed by atoms with Crippen molar-refractivity contribution in [2.75, 3.05) is 18.6 Å². The monoisotopic (exact) mass is 376 g/mol. The molecule has 0 aliphatic carbocycles. The van der Waals surface area contributed by atoms with Gasteiger partial charge in [0.1, 0.15) is 11.4 Å². The van der Waals surface area contributed by atoms with Crippen molar-refractivity contribution in [2.45, 2.75) is 20.4 Å². The van der Waals surface area contributed by atoms with E-state index in [2.05, 4.69) is 21.4 Å². The number of carbonyl (C=O) groups is 1. The Balaban J connectivity index is 1.77. The van der Waals surface area contributed by atoms with Crippen LogP contribution in [0.4, 0.5) is 11.6 Å². The van der Waals surface area contributed by atoms with Crippen LogP contribution < -0.4 is 15.0 Å². The number of nitrogens with zero attached hydrogens (tertiary/aromatic N) is 3. The molecule has 0 aliphatic rings. The molecule has 0 bridgehead atoms. The molecule has 2 aromatic carbocycles. The molecule has 0 fully saturated rings. The molecule has 1 amide bonds. The molecule has 6 heteroatoms. The highest BCUT2D eigenvalue weighted by atomic mass is 16.5. The Bertz CT molecular complexity index is 959. The molecule has 1 N–H and O–H groups in total. The maximum Gasteiger partial charge on any atom is 0.270 e. The Morgan fingerprint density at radius 1 is 1.14 bits per heavy atom. The maximum atomic E-state index is 12.6. The Labute approximate surface area is 165 Å². The minimum absolute atomic E-state index is 0.255. The first-order valence-corrected chi connectivity index (χ1v) is 9.19. The number of aromatic nitrogens is 2. The van der Waals surface area contributed by atoms with E-state index in [0.717, 1.165) is 22.6 Å². The van der Waals surface area contributed by atoms with E-state index < -0.39 is 0 Å². The summed E-state index contributed by atoms with van der Waals surface area (Å²) in [4.78, 5) is 23.4. The molecule has 0 saturated carbocycles. The van der Waals surface area contributed by atoms with E-state index in [9.17, 15) is 4.79 Å². The Hall–Kier alpha value is -3.41. The van der Waals surface area contributed by atoms with E-state index >= 15 is 0 Å². The Morgan fingerprint density at radius 2 is 1.96 bits per heavy atom. The molecule has 28 heavy (non-hydrogen) atoms. The normalized spacial score (nSPS) is 10.4. The summed E-state index contributed by atoms with van der Waals surface area (Å²) in [6.07, 6.45) is 1.61. The van der Waals surface area contributed by atoms with Crippen LogP contribution >= 0.6 is 0 Å². The van der Waals surface area contributed by atoms with E-state index in [4.69, 9.17) is 4.74 Å². The fraction of sp³-hybridized carbons (Fsp3) is 0.227. The van der Waals surface area contributed by atoms with E-state index in [1.54, 1.807) is 19.4 Å². The van der Waals surface area contributed by atoms with Gasteiger partial charge in [0.25, 0.3) is 5.91 Å². The number of carbonyl (C=O) groups excluding carboxylic acids is 1. The number of hydrogen-bond donors (Lipinski definition) is 1. The molecule has 0 unspecified atom stereocenters. The molecule has 0 spiro atoms. The highest BCUT2D eigenvalue weighted by Crippen LogP contribution is 2.22. The van der Waals surface area contributed by atoms with Crippen LogP contribution in [0.5, 0.6) is 5.75 Å². The van der Waals surface area contributed by atoms with Crippen LogP contribution in [-0.4, -0.2) is 29.5 Å². The number of aryl methyl sites for hydroxylation is 1. The Kier molecular flexibility index (Phi) is 6.22. The summed E-state index contributed by atoms with van der Waals surface area (Å²) in [5.74, 6) is 0.982. The van der Waals surface area contributed by atoms with Crippen LogP contribution in [0.2, 0.25) is 0 Å². The summed E-state index contributed by atoms with van der Waals surface area (Å²) in [5, 5.41) is 2.90. The van der Waals surface area contributed by atoms with Crippen molar-refractivity contribution < 1.29 is 9.53 Å². The second-order valence-corrected chi connectivity index (χ2v) is 6.32. The number of amides is 1. The number of ether oxygens (including phenoxy) is 1. The van der Waals surface area contributed by atoms with Crippen molar-refractivity contribution in [3.63, 3.8) is 0 Å². The summed E-state index contributed by atoms with van der Waals surface area (Å²) in [6, 6.07) is 17.3. The molecule has 6 nitrogen and oxygen atoms in total. The zero-order valence-electron chi connectivity index (χ0n) is 16.3. The van der Waals surface area contributed by atoms with Crippen LogP contribution in [0.25, 0.3) is 0 Å². The summed E-state index contributed by atoms with van der Waals surface area (Å²) >= 11 is 0. The van der Waals surface area contributed by atoms with Crippen molar-refractivity contribution in [1.82, 2.24) is 15.3 Å². The van der Waals surface area contributed by atoms with Gasteiger partial charge in [0.05, 0.1) is 7.11 Å². The molecule has 0 aliphatic heterocycles. The van der Waals surface area contributed by atoms with Crippen LogP contribution in [0, 0.1) is 6.92 Å². The van der Waals surface area contributed by atoms with Gasteiger partial charge in [-0.1, -0.05) is 30.3 Å². The van der Waals surface area contributed by atoms with Gasteiger partial charge >= 0.3 is 0 Å². The summed E-state index contributed by atoms with van der Waals surface area (Å²) in [5.41, 5.74) is 3.38. The molecule has 1 aromatic heterocycles. The molecule has 1 heterocycles. The van der Waals surface area contributed by atoms with Crippen LogP contribution in [0.3, 0.4) is 0 Å². The lowest BCUT2D eigenvalue weighted by Crippen LogP contribution is -2.26. The van der Waals surface area contributed by atoms with Crippen molar-refractivity contribution >= 4 is 17.5 Å². The molecule has 0 saturated heterocycles. The SMILES string of the molecule is CCN(c1cccc(C)c1)c1nccc(C(=O)NCc2ccccc2OC)n1. The fourth-order valence-corrected chi connectivity index (χ4v) is 2.96. The second kappa shape index (κ2) is 8.99. The predicted octanol–water partition coefficient (Wildman–Crippen LogP) is 3.88. The lowest BCUT2D eigenvalue weighted by atomic mass is 10.2. The van der Waals surface area contributed by atoms with Crippen molar-refractivity contribution in [3.8, 4) is 5.75 Å². The third-order valence-corrected chi connectivity index (χ3v) is 4.38. The first-order valence-electron chi connectivity index (χ1n) is 9.19. The van der Waals surface area contributed by atoms with Gasteiger partial charge in [-0.15, -0.1) is 0 Å². The summed E-state index contributed by atoms with van der Waals surface area (Å²) in [7, 11) is 1.61. The minimum Gasteiger partial charge on any atom is -0.496 e. The third-order valence-electron chi connectivity index (χ3n) is 4.38. The minimum atomic E-state index is -0.255. The molecular formula is C22H24N4O2. The van der Waals surface area contributed by atoms with Gasteiger partial charge in [0.15, 0.2) is 0 Å². The maximum absolute atomic E-state index is 12.6. The summed E-state index contributed by atoms with van der Waals surface area (Å²) < 4.78 is 5.32. The summed E-state index contributed by atoms with van der Waals surface area (Å²) in [6.45, 7) is 5.12. The first-order chi connectivity index (χ1) is 13.6. The highest BCUT2D eigenvalue weighted by Gasteiger charge is 2.14. The quantitative estimate of drug-likeness (QED) is 0.678. The smallest absolute Gasteiger partial charge is 0.270 e. The average Bonchev–Trinajstić information content (AvgIpc) is 2.73. The molecular weight excluding hydrogens is 352 g/mol. The van der Waals surface area contributed by atoms with Gasteiger partial charge in [0, 0.05) is 30.5 Å². The number of methoxy groups -OCH3 is 1. The van der Waals surface area contributed by atoms with Crippen molar-refractivity contribution in [2.24, 2.45) is 0 Å². The topological polar surface area (TPSA) is 67.4 Å². The molecule has 3 rings (SSSR count). The van der Waals surface area contributed by atoms with Crippen molar-refractivity contribution in [1.29, 1.82) is 0 Å². The van der Waals surface area contributed by atoms with Crippen LogP contribution in [-0.2, 0) is 6.54 Å². The molecule has 3 aromatic rings. The average molecular weight is 376 g/mol. The fourth-order valence-electron chi connectivity index (χ4n) is 2.96. The van der Waals surface area contributed by atoms with E-state index in [0.29, 0.717) is 24.7 Å². The van der Waals surface area contributed by atoms with E-state index in [1.807, 2.05) is 61.2 Å². The largest absolute Gasteiger partial charge is 0.496 e. The zero-order valence-corrected chi connectivity index (χ0v) is 16.3. The molecule has 0 radical (unpaired) electrons. The lowest BCUT2D eigenvalue weighted by Gasteiger charge is -2.21. The van der Waals surface area contributed by atoms with Crippen LogP contribution in [0.15, 0.2) is 60.8 Å². The van der Waals surface area contributed by atoms with Gasteiger partial charge in [0.2, 0.25) is 5.95 Å². The van der Waals surface area contributed by atoms with Gasteiger partial charge in [-0.25, -0.2) is 9.97 Å². The number of anilines is 2. The number of rotatable bonds is 7. The first kappa shape index (κ1) is 19.4. The second-order valence-electron chi connectivity index (χ2n) is 6.32. The van der Waals surface area contributed by atoms with E-state index in [1.165, 1.54) is 0 Å². The number of hydrogen-bond acceptors (Lipinski definition) is 5. The van der Waals surface area contributed by atoms with Crippen LogP contribution in [0.1, 0.15) is 28.5 Å². The van der Waals surface area contributed by atoms with Crippen molar-refractivity contribution in [3.05, 3.63) is 77.6 Å².